The minimum absolute atomic E-state index is 0.698. The molecule has 1 rings (SSSR count). The highest BCUT2D eigenvalue weighted by Crippen LogP contribution is 2.09. The Morgan fingerprint density at radius 1 is 1.55 bits per heavy atom. The lowest BCUT2D eigenvalue weighted by atomic mass is 10.1. The van der Waals surface area contributed by atoms with Crippen LogP contribution >= 0.6 is 0 Å². The first-order valence-electron chi connectivity index (χ1n) is 4.08. The van der Waals surface area contributed by atoms with Crippen LogP contribution in [0.4, 0.5) is 0 Å². The first-order chi connectivity index (χ1) is 5.11. The van der Waals surface area contributed by atoms with Crippen LogP contribution < -0.4 is 0 Å². The van der Waals surface area contributed by atoms with Crippen molar-refractivity contribution in [3.8, 4) is 0 Å². The van der Waals surface area contributed by atoms with Gasteiger partial charge in [-0.1, -0.05) is 13.8 Å². The van der Waals surface area contributed by atoms with Crippen molar-refractivity contribution in [3.63, 3.8) is 0 Å². The van der Waals surface area contributed by atoms with Gasteiger partial charge in [0.1, 0.15) is 0 Å². The second kappa shape index (κ2) is 3.07. The maximum absolute atomic E-state index is 4.32. The summed E-state index contributed by atoms with van der Waals surface area (Å²) < 4.78 is 2.07. The molecule has 0 N–H and O–H groups in total. The number of aromatic nitrogens is 2. The summed E-state index contributed by atoms with van der Waals surface area (Å²) in [5.41, 5.74) is 2.53. The highest BCUT2D eigenvalue weighted by Gasteiger charge is 2.04. The van der Waals surface area contributed by atoms with E-state index >= 15 is 0 Å². The van der Waals surface area contributed by atoms with Crippen LogP contribution in [0.2, 0.25) is 0 Å². The van der Waals surface area contributed by atoms with Crippen molar-refractivity contribution in [1.82, 2.24) is 9.55 Å². The summed E-state index contributed by atoms with van der Waals surface area (Å²) >= 11 is 0. The van der Waals surface area contributed by atoms with E-state index in [4.69, 9.17) is 0 Å². The molecular formula is C9H16N2. The largest absolute Gasteiger partial charge is 0.338 e. The third-order valence-electron chi connectivity index (χ3n) is 1.94. The third kappa shape index (κ3) is 1.82. The standard InChI is InChI=1S/C9H16N2/c1-7(2)5-9-8(3)11(4)6-10-9/h6-7H,5H2,1-4H3. The minimum atomic E-state index is 0.698. The fourth-order valence-electron chi connectivity index (χ4n) is 1.13. The second-order valence-electron chi connectivity index (χ2n) is 3.49. The first kappa shape index (κ1) is 8.31. The van der Waals surface area contributed by atoms with Crippen molar-refractivity contribution in [2.45, 2.75) is 27.2 Å². The number of imidazole rings is 1. The van der Waals surface area contributed by atoms with Crippen LogP contribution in [0.3, 0.4) is 0 Å². The Morgan fingerprint density at radius 2 is 2.18 bits per heavy atom. The molecule has 0 aliphatic rings. The van der Waals surface area contributed by atoms with Gasteiger partial charge in [0.2, 0.25) is 0 Å². The Hall–Kier alpha value is -0.790. The van der Waals surface area contributed by atoms with Crippen molar-refractivity contribution in [3.05, 3.63) is 17.7 Å². The predicted molar refractivity (Wildman–Crippen MR) is 46.5 cm³/mol. The number of rotatable bonds is 2. The summed E-state index contributed by atoms with van der Waals surface area (Å²) in [4.78, 5) is 4.32. The molecule has 11 heavy (non-hydrogen) atoms. The molecule has 0 bridgehead atoms. The van der Waals surface area contributed by atoms with Gasteiger partial charge in [-0.2, -0.15) is 0 Å². The zero-order valence-corrected chi connectivity index (χ0v) is 7.76. The van der Waals surface area contributed by atoms with E-state index in [9.17, 15) is 0 Å². The Labute approximate surface area is 68.3 Å². The van der Waals surface area contributed by atoms with E-state index in [0.29, 0.717) is 5.92 Å². The summed E-state index contributed by atoms with van der Waals surface area (Å²) in [5.74, 6) is 0.698. The number of hydrogen-bond acceptors (Lipinski definition) is 1. The van der Waals surface area contributed by atoms with Crippen molar-refractivity contribution >= 4 is 0 Å². The van der Waals surface area contributed by atoms with E-state index in [-0.39, 0.29) is 0 Å². The van der Waals surface area contributed by atoms with E-state index in [1.807, 2.05) is 13.4 Å². The summed E-state index contributed by atoms with van der Waals surface area (Å²) in [6, 6.07) is 0. The van der Waals surface area contributed by atoms with Gasteiger partial charge in [-0.3, -0.25) is 0 Å². The van der Waals surface area contributed by atoms with Crippen molar-refractivity contribution in [1.29, 1.82) is 0 Å². The molecule has 0 saturated heterocycles. The highest BCUT2D eigenvalue weighted by atomic mass is 15.0. The zero-order valence-electron chi connectivity index (χ0n) is 7.76. The van der Waals surface area contributed by atoms with E-state index in [2.05, 4.69) is 30.3 Å². The molecule has 1 heterocycles. The normalized spacial score (nSPS) is 11.0. The van der Waals surface area contributed by atoms with Gasteiger partial charge in [-0.05, 0) is 19.3 Å². The Bertz CT molecular complexity index is 236. The average molecular weight is 152 g/mol. The van der Waals surface area contributed by atoms with Gasteiger partial charge in [0.15, 0.2) is 0 Å². The average Bonchev–Trinajstić information content (AvgIpc) is 2.18. The molecule has 0 aliphatic heterocycles. The number of nitrogens with zero attached hydrogens (tertiary/aromatic N) is 2. The van der Waals surface area contributed by atoms with Crippen molar-refractivity contribution in [2.75, 3.05) is 0 Å². The molecule has 0 amide bonds. The fraction of sp³-hybridized carbons (Fsp3) is 0.667. The van der Waals surface area contributed by atoms with E-state index in [1.165, 1.54) is 11.4 Å². The van der Waals surface area contributed by atoms with Crippen LogP contribution in [-0.4, -0.2) is 9.55 Å². The third-order valence-corrected chi connectivity index (χ3v) is 1.94. The summed E-state index contributed by atoms with van der Waals surface area (Å²) in [7, 11) is 2.03. The second-order valence-corrected chi connectivity index (χ2v) is 3.49. The molecule has 2 heteroatoms. The lowest BCUT2D eigenvalue weighted by Crippen LogP contribution is -1.97. The Balaban J connectivity index is 2.79. The van der Waals surface area contributed by atoms with Crippen LogP contribution in [0.5, 0.6) is 0 Å². The van der Waals surface area contributed by atoms with E-state index in [0.717, 1.165) is 6.42 Å². The maximum atomic E-state index is 4.32. The van der Waals surface area contributed by atoms with Gasteiger partial charge >= 0.3 is 0 Å². The first-order valence-corrected chi connectivity index (χ1v) is 4.08. The summed E-state index contributed by atoms with van der Waals surface area (Å²) in [6.07, 6.45) is 2.97. The topological polar surface area (TPSA) is 17.8 Å². The molecule has 0 atom stereocenters. The monoisotopic (exact) mass is 152 g/mol. The molecule has 2 nitrogen and oxygen atoms in total. The predicted octanol–water partition coefficient (Wildman–Crippen LogP) is 1.93. The van der Waals surface area contributed by atoms with E-state index < -0.39 is 0 Å². The molecule has 0 unspecified atom stereocenters. The van der Waals surface area contributed by atoms with Gasteiger partial charge in [0.05, 0.1) is 12.0 Å². The number of hydrogen-bond donors (Lipinski definition) is 0. The van der Waals surface area contributed by atoms with Gasteiger partial charge in [-0.25, -0.2) is 4.98 Å². The molecule has 62 valence electrons. The lowest BCUT2D eigenvalue weighted by molar-refractivity contribution is 0.633. The molecule has 0 aliphatic carbocycles. The van der Waals surface area contributed by atoms with E-state index in [1.54, 1.807) is 0 Å². The van der Waals surface area contributed by atoms with Crippen LogP contribution in [0, 0.1) is 12.8 Å². The molecular weight excluding hydrogens is 136 g/mol. The summed E-state index contributed by atoms with van der Waals surface area (Å²) in [6.45, 7) is 6.55. The number of aryl methyl sites for hydroxylation is 1. The van der Waals surface area contributed by atoms with Gasteiger partial charge in [-0.15, -0.1) is 0 Å². The van der Waals surface area contributed by atoms with Crippen molar-refractivity contribution in [2.24, 2.45) is 13.0 Å². The van der Waals surface area contributed by atoms with Gasteiger partial charge < -0.3 is 4.57 Å². The Morgan fingerprint density at radius 3 is 2.55 bits per heavy atom. The smallest absolute Gasteiger partial charge is 0.0948 e. The molecule has 0 aromatic carbocycles. The Kier molecular flexibility index (Phi) is 2.32. The van der Waals surface area contributed by atoms with Crippen LogP contribution in [0.25, 0.3) is 0 Å². The maximum Gasteiger partial charge on any atom is 0.0948 e. The van der Waals surface area contributed by atoms with Gasteiger partial charge in [0.25, 0.3) is 0 Å². The molecule has 0 saturated carbocycles. The molecule has 0 spiro atoms. The molecule has 0 fully saturated rings. The van der Waals surface area contributed by atoms with Gasteiger partial charge in [0, 0.05) is 12.7 Å². The zero-order chi connectivity index (χ0) is 8.43. The SMILES string of the molecule is Cc1c(CC(C)C)ncn1C. The minimum Gasteiger partial charge on any atom is -0.338 e. The molecule has 1 aromatic rings. The van der Waals surface area contributed by atoms with Crippen LogP contribution in [0.15, 0.2) is 6.33 Å². The van der Waals surface area contributed by atoms with Crippen molar-refractivity contribution < 1.29 is 0 Å². The van der Waals surface area contributed by atoms with Crippen LogP contribution in [0.1, 0.15) is 25.2 Å². The van der Waals surface area contributed by atoms with Crippen LogP contribution in [-0.2, 0) is 13.5 Å². The summed E-state index contributed by atoms with van der Waals surface area (Å²) in [5, 5.41) is 0. The molecule has 0 radical (unpaired) electrons. The quantitative estimate of drug-likeness (QED) is 0.633. The highest BCUT2D eigenvalue weighted by molar-refractivity contribution is 5.10. The lowest BCUT2D eigenvalue weighted by Gasteiger charge is -2.02. The fourth-order valence-corrected chi connectivity index (χ4v) is 1.13. The molecule has 1 aromatic heterocycles.